The molecular formula is C23H25N5O6S. The normalized spacial score (nSPS) is 11.5. The number of ether oxygens (including phenoxy) is 2. The highest BCUT2D eigenvalue weighted by atomic mass is 32.2. The molecule has 12 heteroatoms. The number of fused-ring (bicyclic) bond motifs is 1. The van der Waals surface area contributed by atoms with Gasteiger partial charge >= 0.3 is 0 Å². The molecule has 0 aliphatic carbocycles. The number of rotatable bonds is 9. The summed E-state index contributed by atoms with van der Waals surface area (Å²) in [5.41, 5.74) is 2.14. The molecule has 11 nitrogen and oxygen atoms in total. The van der Waals surface area contributed by atoms with Crippen molar-refractivity contribution in [3.63, 3.8) is 0 Å². The second-order valence-electron chi connectivity index (χ2n) is 7.74. The van der Waals surface area contributed by atoms with Gasteiger partial charge in [0.1, 0.15) is 17.8 Å². The summed E-state index contributed by atoms with van der Waals surface area (Å²) >= 11 is 0. The SMILES string of the molecule is COc1cc(OC)cc(N(CCOS(C)(=O)=O)c2ccc3ncn(-c4cnn(C)c4)c(=O)c3c2)c1. The van der Waals surface area contributed by atoms with Crippen LogP contribution < -0.4 is 19.9 Å². The molecule has 184 valence electrons. The smallest absolute Gasteiger partial charge is 0.265 e. The zero-order valence-electron chi connectivity index (χ0n) is 19.7. The van der Waals surface area contributed by atoms with Crippen LogP contribution in [0.4, 0.5) is 11.4 Å². The van der Waals surface area contributed by atoms with E-state index in [0.717, 1.165) is 6.26 Å². The Morgan fingerprint density at radius 3 is 2.34 bits per heavy atom. The maximum absolute atomic E-state index is 13.3. The Kier molecular flexibility index (Phi) is 6.76. The van der Waals surface area contributed by atoms with Gasteiger partial charge < -0.3 is 14.4 Å². The van der Waals surface area contributed by atoms with Crippen molar-refractivity contribution in [2.45, 2.75) is 0 Å². The summed E-state index contributed by atoms with van der Waals surface area (Å²) in [6, 6.07) is 10.5. The number of methoxy groups -OCH3 is 2. The number of hydrogen-bond acceptors (Lipinski definition) is 9. The average Bonchev–Trinajstić information content (AvgIpc) is 3.26. The molecule has 2 aromatic heterocycles. The minimum Gasteiger partial charge on any atom is -0.497 e. The first-order chi connectivity index (χ1) is 16.7. The minimum atomic E-state index is -3.63. The number of anilines is 2. The van der Waals surface area contributed by atoms with Crippen molar-refractivity contribution >= 4 is 32.4 Å². The monoisotopic (exact) mass is 499 g/mol. The standard InChI is InChI=1S/C23H25N5O6S/c1-26-14-18(13-25-26)28-15-24-22-6-5-16(11-21(22)23(28)29)27(7-8-34-35(4,30)31)17-9-19(32-2)12-20(10-17)33-3/h5-6,9-15H,7-8H2,1-4H3. The number of nitrogens with zero attached hydrogens (tertiary/aromatic N) is 5. The van der Waals surface area contributed by atoms with Gasteiger partial charge in [-0.3, -0.25) is 18.2 Å². The van der Waals surface area contributed by atoms with Gasteiger partial charge in [-0.1, -0.05) is 0 Å². The summed E-state index contributed by atoms with van der Waals surface area (Å²) in [6.45, 7) is 0.0648. The van der Waals surface area contributed by atoms with E-state index in [0.29, 0.717) is 39.5 Å². The van der Waals surface area contributed by atoms with E-state index in [1.165, 1.54) is 25.1 Å². The summed E-state index contributed by atoms with van der Waals surface area (Å²) < 4.78 is 41.9. The number of benzene rings is 2. The molecule has 0 atom stereocenters. The third-order valence-corrected chi connectivity index (χ3v) is 5.88. The minimum absolute atomic E-state index is 0.108. The fourth-order valence-electron chi connectivity index (χ4n) is 3.63. The summed E-state index contributed by atoms with van der Waals surface area (Å²) in [6.07, 6.45) is 5.76. The molecule has 0 spiro atoms. The fraction of sp³-hybridized carbons (Fsp3) is 0.261. The predicted octanol–water partition coefficient (Wildman–Crippen LogP) is 2.25. The van der Waals surface area contributed by atoms with E-state index in [9.17, 15) is 13.2 Å². The first-order valence-corrected chi connectivity index (χ1v) is 12.4. The zero-order valence-corrected chi connectivity index (χ0v) is 20.5. The van der Waals surface area contributed by atoms with Crippen molar-refractivity contribution in [1.29, 1.82) is 0 Å². The van der Waals surface area contributed by atoms with Crippen LogP contribution in [0.5, 0.6) is 11.5 Å². The molecule has 2 aromatic carbocycles. The van der Waals surface area contributed by atoms with Gasteiger partial charge in [0.25, 0.3) is 15.7 Å². The summed E-state index contributed by atoms with van der Waals surface area (Å²) in [5, 5.41) is 4.51. The van der Waals surface area contributed by atoms with Gasteiger partial charge in [-0.25, -0.2) is 4.98 Å². The van der Waals surface area contributed by atoms with E-state index in [-0.39, 0.29) is 18.7 Å². The third kappa shape index (κ3) is 5.44. The molecule has 2 heterocycles. The lowest BCUT2D eigenvalue weighted by Gasteiger charge is -2.26. The first-order valence-electron chi connectivity index (χ1n) is 10.5. The maximum atomic E-state index is 13.3. The molecule has 0 N–H and O–H groups in total. The maximum Gasteiger partial charge on any atom is 0.265 e. The predicted molar refractivity (Wildman–Crippen MR) is 131 cm³/mol. The topological polar surface area (TPSA) is 118 Å². The highest BCUT2D eigenvalue weighted by Gasteiger charge is 2.16. The third-order valence-electron chi connectivity index (χ3n) is 5.28. The van der Waals surface area contributed by atoms with Crippen molar-refractivity contribution < 1.29 is 22.1 Å². The van der Waals surface area contributed by atoms with Crippen LogP contribution in [0.1, 0.15) is 0 Å². The molecule has 0 saturated carbocycles. The Bertz CT molecular complexity index is 1510. The largest absolute Gasteiger partial charge is 0.497 e. The van der Waals surface area contributed by atoms with Crippen LogP contribution in [0.2, 0.25) is 0 Å². The Balaban J connectivity index is 1.82. The molecule has 0 radical (unpaired) electrons. The molecule has 4 aromatic rings. The van der Waals surface area contributed by atoms with Gasteiger partial charge in [0.05, 0.1) is 49.9 Å². The molecule has 0 unspecified atom stereocenters. The van der Waals surface area contributed by atoms with E-state index in [1.54, 1.807) is 60.5 Å². The molecule has 0 amide bonds. The van der Waals surface area contributed by atoms with Gasteiger partial charge in [-0.05, 0) is 18.2 Å². The lowest BCUT2D eigenvalue weighted by atomic mass is 10.1. The van der Waals surface area contributed by atoms with Crippen molar-refractivity contribution in [2.24, 2.45) is 7.05 Å². The van der Waals surface area contributed by atoms with E-state index < -0.39 is 10.1 Å². The van der Waals surface area contributed by atoms with Gasteiger partial charge in [0.2, 0.25) is 0 Å². The van der Waals surface area contributed by atoms with Crippen LogP contribution in [0.15, 0.2) is 59.9 Å². The summed E-state index contributed by atoms with van der Waals surface area (Å²) in [5.74, 6) is 1.10. The lowest BCUT2D eigenvalue weighted by molar-refractivity contribution is 0.330. The number of aromatic nitrogens is 4. The number of hydrogen-bond donors (Lipinski definition) is 0. The van der Waals surface area contributed by atoms with E-state index in [2.05, 4.69) is 10.1 Å². The van der Waals surface area contributed by atoms with Gasteiger partial charge in [0, 0.05) is 49.4 Å². The molecular weight excluding hydrogens is 474 g/mol. The fourth-order valence-corrected chi connectivity index (χ4v) is 4.01. The Morgan fingerprint density at radius 2 is 1.74 bits per heavy atom. The second-order valence-corrected chi connectivity index (χ2v) is 9.39. The lowest BCUT2D eigenvalue weighted by Crippen LogP contribution is -2.24. The Labute approximate surface area is 202 Å². The first kappa shape index (κ1) is 24.2. The van der Waals surface area contributed by atoms with Crippen LogP contribution in [-0.4, -0.2) is 61.4 Å². The quantitative estimate of drug-likeness (QED) is 0.320. The highest BCUT2D eigenvalue weighted by molar-refractivity contribution is 7.85. The molecule has 0 aliphatic rings. The van der Waals surface area contributed by atoms with E-state index in [4.69, 9.17) is 13.7 Å². The van der Waals surface area contributed by atoms with Crippen molar-refractivity contribution in [3.8, 4) is 17.2 Å². The summed E-state index contributed by atoms with van der Waals surface area (Å²) in [4.78, 5) is 19.5. The van der Waals surface area contributed by atoms with Gasteiger partial charge in [0.15, 0.2) is 0 Å². The Hall–Kier alpha value is -3.90. The number of aryl methyl sites for hydroxylation is 1. The summed E-state index contributed by atoms with van der Waals surface area (Å²) in [7, 11) is 1.21. The van der Waals surface area contributed by atoms with Gasteiger partial charge in [-0.15, -0.1) is 0 Å². The van der Waals surface area contributed by atoms with Crippen LogP contribution >= 0.6 is 0 Å². The van der Waals surface area contributed by atoms with E-state index in [1.807, 2.05) is 4.90 Å². The van der Waals surface area contributed by atoms with Crippen molar-refractivity contribution in [1.82, 2.24) is 19.3 Å². The molecule has 35 heavy (non-hydrogen) atoms. The molecule has 4 rings (SSSR count). The van der Waals surface area contributed by atoms with Crippen LogP contribution in [0.3, 0.4) is 0 Å². The Morgan fingerprint density at radius 1 is 1.03 bits per heavy atom. The molecule has 0 fully saturated rings. The molecule has 0 aliphatic heterocycles. The van der Waals surface area contributed by atoms with Crippen molar-refractivity contribution in [3.05, 3.63) is 65.5 Å². The molecule has 0 saturated heterocycles. The van der Waals surface area contributed by atoms with Crippen LogP contribution in [0, 0.1) is 0 Å². The van der Waals surface area contributed by atoms with Crippen LogP contribution in [-0.2, 0) is 21.3 Å². The van der Waals surface area contributed by atoms with Crippen LogP contribution in [0.25, 0.3) is 16.6 Å². The molecule has 0 bridgehead atoms. The van der Waals surface area contributed by atoms with Crippen molar-refractivity contribution in [2.75, 3.05) is 38.5 Å². The van der Waals surface area contributed by atoms with Gasteiger partial charge in [-0.2, -0.15) is 13.5 Å². The zero-order chi connectivity index (χ0) is 25.2. The van der Waals surface area contributed by atoms with E-state index >= 15 is 0 Å². The second kappa shape index (κ2) is 9.76. The highest BCUT2D eigenvalue weighted by Crippen LogP contribution is 2.33. The average molecular weight is 500 g/mol.